The Hall–Kier alpha value is -0.680. The van der Waals surface area contributed by atoms with E-state index >= 15 is 0 Å². The summed E-state index contributed by atoms with van der Waals surface area (Å²) < 4.78 is 38.8. The number of hydrogen-bond acceptors (Lipinski definition) is 17. The average Bonchev–Trinajstić information content (AvgIpc) is 2.92. The first kappa shape index (κ1) is 33.2. The third kappa shape index (κ3) is 6.57. The van der Waals surface area contributed by atoms with E-state index in [4.69, 9.17) is 33.2 Å². The number of hydrogen-bond donors (Lipinski definition) is 10. The Morgan fingerprint density at radius 3 is 1.07 bits per heavy atom. The summed E-state index contributed by atoms with van der Waals surface area (Å²) in [6.45, 7) is 5.85. The predicted octanol–water partition coefficient (Wildman–Crippen LogP) is -5.64. The molecule has 0 aromatic carbocycles. The van der Waals surface area contributed by atoms with Crippen molar-refractivity contribution in [3.05, 3.63) is 0 Å². The smallest absolute Gasteiger partial charge is 0.187 e. The molecule has 0 aromatic heterocycles. The summed E-state index contributed by atoms with van der Waals surface area (Å²) in [4.78, 5) is 0. The second kappa shape index (κ2) is 13.1. The lowest BCUT2D eigenvalue weighted by atomic mass is 9.96. The van der Waals surface area contributed by atoms with Gasteiger partial charge in [-0.2, -0.15) is 0 Å². The molecule has 240 valence electrons. The molecule has 4 aliphatic rings. The van der Waals surface area contributed by atoms with E-state index in [1.165, 1.54) is 27.7 Å². The van der Waals surface area contributed by atoms with Crippen LogP contribution in [0.25, 0.3) is 0 Å². The van der Waals surface area contributed by atoms with E-state index in [1.807, 2.05) is 0 Å². The van der Waals surface area contributed by atoms with Gasteiger partial charge in [-0.1, -0.05) is 0 Å². The first-order valence-corrected chi connectivity index (χ1v) is 13.5. The molecule has 0 bridgehead atoms. The molecule has 0 amide bonds. The first-order valence-electron chi connectivity index (χ1n) is 13.5. The normalized spacial score (nSPS) is 56.9. The second-order valence-electron chi connectivity index (χ2n) is 11.1. The van der Waals surface area contributed by atoms with Gasteiger partial charge in [-0.05, 0) is 27.7 Å². The molecule has 41 heavy (non-hydrogen) atoms. The summed E-state index contributed by atoms with van der Waals surface area (Å²) in [6.07, 6.45) is -28.5. The van der Waals surface area contributed by atoms with Crippen LogP contribution in [0.3, 0.4) is 0 Å². The Kier molecular flexibility index (Phi) is 10.6. The van der Waals surface area contributed by atoms with Crippen LogP contribution in [0, 0.1) is 0 Å². The standard InChI is InChI=1S/C24H42O17/c1-5-9(25)10(26)15(31)22(36-5)40-19-7(3)38-24(17(33)12(19)28)41-20-8(4)37-23(16(32)13(20)29)39-18-6(2)35-21(34)14(30)11(18)27/h5-34H,1-4H3/t5-,6-,7-,8-,9+,10+,11-,12-,13-,14-,15-,16-,17-,18-,19+,20-,21+,22-,23-,24-/m1/s1. The Morgan fingerprint density at radius 2 is 0.659 bits per heavy atom. The van der Waals surface area contributed by atoms with Crippen molar-refractivity contribution in [1.82, 2.24) is 0 Å². The molecule has 4 aliphatic heterocycles. The third-order valence-corrected chi connectivity index (χ3v) is 8.03. The van der Waals surface area contributed by atoms with Crippen molar-refractivity contribution in [2.45, 2.75) is 151 Å². The van der Waals surface area contributed by atoms with Crippen LogP contribution in [0.1, 0.15) is 27.7 Å². The van der Waals surface area contributed by atoms with E-state index < -0.39 is 123 Å². The molecule has 0 spiro atoms. The van der Waals surface area contributed by atoms with Gasteiger partial charge in [0.05, 0.1) is 24.4 Å². The fourth-order valence-electron chi connectivity index (χ4n) is 5.41. The lowest BCUT2D eigenvalue weighted by Crippen LogP contribution is -2.66. The highest BCUT2D eigenvalue weighted by Gasteiger charge is 2.53. The van der Waals surface area contributed by atoms with Crippen LogP contribution in [0.2, 0.25) is 0 Å². The minimum atomic E-state index is -1.75. The van der Waals surface area contributed by atoms with Crippen molar-refractivity contribution in [3.8, 4) is 0 Å². The summed E-state index contributed by atoms with van der Waals surface area (Å²) in [5, 5.41) is 103. The number of aliphatic hydroxyl groups is 10. The SMILES string of the molecule is C[C@H]1O[C@H](O[C@@H]2[C@H](O)[C@@H](O)[C@@H](O[C@H]3[C@H](O)[C@@H](O)[C@@H](O[C@H]4[C@H](O)[C@@H](O)[C@@H](O)O[C@@H]4C)O[C@@H]3C)O[C@@H]2C)[C@H](O)[C@@H](O)[C@H]1O. The van der Waals surface area contributed by atoms with E-state index in [0.29, 0.717) is 0 Å². The maximum absolute atomic E-state index is 10.8. The first-order chi connectivity index (χ1) is 19.1. The maximum Gasteiger partial charge on any atom is 0.187 e. The largest absolute Gasteiger partial charge is 0.388 e. The summed E-state index contributed by atoms with van der Waals surface area (Å²) in [7, 11) is 0. The molecule has 10 N–H and O–H groups in total. The van der Waals surface area contributed by atoms with Crippen LogP contribution < -0.4 is 0 Å². The predicted molar refractivity (Wildman–Crippen MR) is 128 cm³/mol. The molecule has 4 saturated heterocycles. The van der Waals surface area contributed by atoms with E-state index in [9.17, 15) is 51.1 Å². The molecule has 0 unspecified atom stereocenters. The topological polar surface area (TPSA) is 267 Å². The molecule has 0 aliphatic carbocycles. The van der Waals surface area contributed by atoms with Crippen molar-refractivity contribution in [2.75, 3.05) is 0 Å². The number of aliphatic hydroxyl groups excluding tert-OH is 10. The zero-order chi connectivity index (χ0) is 30.5. The Bertz CT molecular complexity index is 853. The highest BCUT2D eigenvalue weighted by molar-refractivity contribution is 4.96. The summed E-state index contributed by atoms with van der Waals surface area (Å²) >= 11 is 0. The summed E-state index contributed by atoms with van der Waals surface area (Å²) in [5.74, 6) is 0. The number of rotatable bonds is 6. The fourth-order valence-corrected chi connectivity index (χ4v) is 5.41. The monoisotopic (exact) mass is 602 g/mol. The van der Waals surface area contributed by atoms with Gasteiger partial charge in [-0.25, -0.2) is 0 Å². The molecule has 17 heteroatoms. The zero-order valence-electron chi connectivity index (χ0n) is 22.9. The van der Waals surface area contributed by atoms with Crippen LogP contribution in [0.4, 0.5) is 0 Å². The Labute approximate surface area is 235 Å². The van der Waals surface area contributed by atoms with Gasteiger partial charge in [-0.15, -0.1) is 0 Å². The Morgan fingerprint density at radius 1 is 0.341 bits per heavy atom. The van der Waals surface area contributed by atoms with Crippen molar-refractivity contribution >= 4 is 0 Å². The van der Waals surface area contributed by atoms with Crippen LogP contribution in [-0.2, 0) is 33.2 Å². The van der Waals surface area contributed by atoms with Crippen molar-refractivity contribution in [3.63, 3.8) is 0 Å². The Balaban J connectivity index is 1.37. The maximum atomic E-state index is 10.8. The van der Waals surface area contributed by atoms with Gasteiger partial charge in [0.1, 0.15) is 73.2 Å². The van der Waals surface area contributed by atoms with Gasteiger partial charge in [0, 0.05) is 0 Å². The molecule has 17 nitrogen and oxygen atoms in total. The minimum absolute atomic E-state index is 0.904. The fraction of sp³-hybridized carbons (Fsp3) is 1.00. The van der Waals surface area contributed by atoms with E-state index in [-0.39, 0.29) is 0 Å². The van der Waals surface area contributed by atoms with Gasteiger partial charge in [0.2, 0.25) is 0 Å². The molecule has 4 heterocycles. The van der Waals surface area contributed by atoms with E-state index in [0.717, 1.165) is 0 Å². The van der Waals surface area contributed by atoms with Crippen molar-refractivity contribution < 1.29 is 84.2 Å². The molecule has 4 fully saturated rings. The summed E-state index contributed by atoms with van der Waals surface area (Å²) in [5.41, 5.74) is 0. The van der Waals surface area contributed by atoms with Crippen molar-refractivity contribution in [2.24, 2.45) is 0 Å². The van der Waals surface area contributed by atoms with Gasteiger partial charge in [0.15, 0.2) is 25.2 Å². The molecular weight excluding hydrogens is 560 g/mol. The zero-order valence-corrected chi connectivity index (χ0v) is 22.9. The molecular formula is C24H42O17. The second-order valence-corrected chi connectivity index (χ2v) is 11.1. The highest BCUT2D eigenvalue weighted by Crippen LogP contribution is 2.33. The minimum Gasteiger partial charge on any atom is -0.388 e. The highest BCUT2D eigenvalue weighted by atomic mass is 16.8. The lowest BCUT2D eigenvalue weighted by Gasteiger charge is -2.48. The molecule has 0 radical (unpaired) electrons. The van der Waals surface area contributed by atoms with Crippen LogP contribution in [-0.4, -0.2) is 174 Å². The lowest BCUT2D eigenvalue weighted by molar-refractivity contribution is -0.381. The van der Waals surface area contributed by atoms with Gasteiger partial charge in [0.25, 0.3) is 0 Å². The van der Waals surface area contributed by atoms with Gasteiger partial charge < -0.3 is 84.2 Å². The van der Waals surface area contributed by atoms with Crippen LogP contribution >= 0.6 is 0 Å². The van der Waals surface area contributed by atoms with Crippen molar-refractivity contribution in [1.29, 1.82) is 0 Å². The molecule has 0 aromatic rings. The molecule has 0 saturated carbocycles. The van der Waals surface area contributed by atoms with Gasteiger partial charge >= 0.3 is 0 Å². The summed E-state index contributed by atoms with van der Waals surface area (Å²) in [6, 6.07) is 0. The number of ether oxygens (including phenoxy) is 7. The average molecular weight is 603 g/mol. The van der Waals surface area contributed by atoms with E-state index in [1.54, 1.807) is 0 Å². The van der Waals surface area contributed by atoms with Gasteiger partial charge in [-0.3, -0.25) is 0 Å². The van der Waals surface area contributed by atoms with E-state index in [2.05, 4.69) is 0 Å². The van der Waals surface area contributed by atoms with Crippen LogP contribution in [0.15, 0.2) is 0 Å². The third-order valence-electron chi connectivity index (χ3n) is 8.03. The quantitative estimate of drug-likeness (QED) is 0.136. The molecule has 20 atom stereocenters. The van der Waals surface area contributed by atoms with Crippen LogP contribution in [0.5, 0.6) is 0 Å². The molecule has 4 rings (SSSR count).